The number of hydrogen-bond acceptors (Lipinski definition) is 10. The van der Waals surface area contributed by atoms with Gasteiger partial charge in [-0.15, -0.1) is 0 Å². The third kappa shape index (κ3) is 4.98. The van der Waals surface area contributed by atoms with E-state index in [0.717, 1.165) is 24.3 Å². The summed E-state index contributed by atoms with van der Waals surface area (Å²) in [6, 6.07) is 2.86. The number of hydrogen-bond donors (Lipinski definition) is 0. The number of fused-ring (bicyclic) bond motifs is 5. The van der Waals surface area contributed by atoms with E-state index in [1.807, 2.05) is 6.92 Å². The Hall–Kier alpha value is -1.70. The second kappa shape index (κ2) is 8.17. The molecule has 190 valence electrons. The zero-order valence-electron chi connectivity index (χ0n) is 19.3. The molecule has 2 saturated carbocycles. The Bertz CT molecular complexity index is 1350. The number of Topliss-reactive ketones (excluding diaryl/α,β-unsaturated/α-hetero) is 1. The van der Waals surface area contributed by atoms with Crippen LogP contribution in [0.15, 0.2) is 12.1 Å². The summed E-state index contributed by atoms with van der Waals surface area (Å²) in [5, 5.41) is 0. The highest BCUT2D eigenvalue weighted by Crippen LogP contribution is 2.61. The quantitative estimate of drug-likeness (QED) is 0.492. The second-order valence-corrected chi connectivity index (χ2v) is 14.6. The van der Waals surface area contributed by atoms with Crippen LogP contribution in [0.1, 0.15) is 49.7 Å². The van der Waals surface area contributed by atoms with Crippen molar-refractivity contribution in [2.75, 3.05) is 18.8 Å². The Morgan fingerprint density at radius 2 is 1.56 bits per heavy atom. The fraction of sp³-hybridized carbons (Fsp3) is 0.667. The number of carbonyl (C=O) groups is 1. The first kappa shape index (κ1) is 25.4. The van der Waals surface area contributed by atoms with Crippen LogP contribution in [0.3, 0.4) is 0 Å². The second-order valence-electron chi connectivity index (χ2n) is 9.83. The zero-order chi connectivity index (χ0) is 25.3. The molecule has 13 heteroatoms. The van der Waals surface area contributed by atoms with E-state index in [2.05, 4.69) is 0 Å². The molecule has 3 aliphatic carbocycles. The molecule has 3 aliphatic rings. The molecule has 0 aliphatic heterocycles. The van der Waals surface area contributed by atoms with Crippen LogP contribution >= 0.6 is 0 Å². The molecule has 0 bridgehead atoms. The van der Waals surface area contributed by atoms with E-state index in [1.54, 1.807) is 6.07 Å². The van der Waals surface area contributed by atoms with Gasteiger partial charge in [-0.2, -0.15) is 25.3 Å². The molecule has 0 saturated heterocycles. The van der Waals surface area contributed by atoms with Gasteiger partial charge >= 0.3 is 20.2 Å². The van der Waals surface area contributed by atoms with Gasteiger partial charge in [0.05, 0.1) is 18.8 Å². The lowest BCUT2D eigenvalue weighted by molar-refractivity contribution is -0.133. The Labute approximate surface area is 200 Å². The summed E-state index contributed by atoms with van der Waals surface area (Å²) in [4.78, 5) is 13.1. The van der Waals surface area contributed by atoms with Crippen LogP contribution in [0.25, 0.3) is 0 Å². The first-order chi connectivity index (χ1) is 15.5. The fourth-order valence-electron chi connectivity index (χ4n) is 6.17. The molecule has 5 atom stereocenters. The molecule has 2 fully saturated rings. The van der Waals surface area contributed by atoms with Crippen molar-refractivity contribution in [1.82, 2.24) is 0 Å². The lowest BCUT2D eigenvalue weighted by Crippen LogP contribution is -2.43. The van der Waals surface area contributed by atoms with Gasteiger partial charge in [0.15, 0.2) is 5.78 Å². The van der Waals surface area contributed by atoms with E-state index in [9.17, 15) is 30.0 Å². The molecule has 10 nitrogen and oxygen atoms in total. The number of benzene rings is 1. The Morgan fingerprint density at radius 1 is 0.912 bits per heavy atom. The molecule has 0 spiro atoms. The van der Waals surface area contributed by atoms with Crippen LogP contribution in [-0.2, 0) is 45.8 Å². The summed E-state index contributed by atoms with van der Waals surface area (Å²) < 4.78 is 86.1. The minimum absolute atomic E-state index is 0.0187. The molecule has 4 rings (SSSR count). The third-order valence-electron chi connectivity index (χ3n) is 7.25. The van der Waals surface area contributed by atoms with E-state index in [4.69, 9.17) is 12.5 Å². The summed E-state index contributed by atoms with van der Waals surface area (Å²) >= 11 is 0. The average Bonchev–Trinajstić information content (AvgIpc) is 2.88. The molecule has 0 heterocycles. The molecule has 0 unspecified atom stereocenters. The van der Waals surface area contributed by atoms with E-state index in [1.165, 1.54) is 6.07 Å². The number of ketones is 1. The van der Waals surface area contributed by atoms with Crippen molar-refractivity contribution in [2.24, 2.45) is 17.3 Å². The van der Waals surface area contributed by atoms with Crippen molar-refractivity contribution >= 4 is 36.1 Å². The lowest BCUT2D eigenvalue weighted by atomic mass is 9.55. The Kier molecular flexibility index (Phi) is 6.10. The third-order valence-corrected chi connectivity index (χ3v) is 8.81. The van der Waals surface area contributed by atoms with Gasteiger partial charge in [-0.05, 0) is 61.5 Å². The van der Waals surface area contributed by atoms with Crippen molar-refractivity contribution in [3.63, 3.8) is 0 Å². The maximum Gasteiger partial charge on any atom is 0.306 e. The first-order valence-corrected chi connectivity index (χ1v) is 16.3. The smallest absolute Gasteiger partial charge is 0.306 e. The summed E-state index contributed by atoms with van der Waals surface area (Å²) in [7, 11) is -11.6. The van der Waals surface area contributed by atoms with Crippen LogP contribution in [0, 0.1) is 17.3 Å². The molecule has 0 radical (unpaired) electrons. The maximum absolute atomic E-state index is 13.1. The molecule has 0 N–H and O–H groups in total. The van der Waals surface area contributed by atoms with Crippen molar-refractivity contribution < 1.29 is 42.6 Å². The molecule has 0 amide bonds. The van der Waals surface area contributed by atoms with Gasteiger partial charge in [0.2, 0.25) is 0 Å². The highest BCUT2D eigenvalue weighted by molar-refractivity contribution is 7.86. The number of carbonyl (C=O) groups excluding carboxylic acids is 1. The summed E-state index contributed by atoms with van der Waals surface area (Å²) in [5.74, 6) is -0.530. The van der Waals surface area contributed by atoms with Crippen molar-refractivity contribution in [3.05, 3.63) is 23.3 Å². The lowest BCUT2D eigenvalue weighted by Gasteiger charge is -2.48. The van der Waals surface area contributed by atoms with Gasteiger partial charge in [0, 0.05) is 17.0 Å². The van der Waals surface area contributed by atoms with Gasteiger partial charge in [0.25, 0.3) is 10.1 Å². The molecule has 1 aromatic carbocycles. The Balaban J connectivity index is 1.75. The molecule has 34 heavy (non-hydrogen) atoms. The van der Waals surface area contributed by atoms with Crippen molar-refractivity contribution in [3.8, 4) is 11.5 Å². The molecule has 1 aromatic rings. The van der Waals surface area contributed by atoms with Crippen LogP contribution in [-0.4, -0.2) is 55.9 Å². The normalized spacial score (nSPS) is 31.4. The van der Waals surface area contributed by atoms with Crippen LogP contribution in [0.5, 0.6) is 11.5 Å². The zero-order valence-corrected chi connectivity index (χ0v) is 21.8. The van der Waals surface area contributed by atoms with E-state index < -0.39 is 41.9 Å². The van der Waals surface area contributed by atoms with Gasteiger partial charge < -0.3 is 8.37 Å². The van der Waals surface area contributed by atoms with Crippen LogP contribution < -0.4 is 8.37 Å². The standard InChI is InChI=1S/C21H28O10S3/c1-21-8-7-15-14(16(21)11-18(20(21)22)31-34(4,27)28)6-5-12-9-13(29-32(2,23)24)10-17(19(12)15)30-33(3,25)26/h9-10,14-16,18H,5-8,11H2,1-4H3/t14-,15-,16-,18-,21-/m0/s1. The van der Waals surface area contributed by atoms with Crippen LogP contribution in [0.2, 0.25) is 0 Å². The molecular formula is C21H28O10S3. The van der Waals surface area contributed by atoms with Crippen LogP contribution in [0.4, 0.5) is 0 Å². The maximum atomic E-state index is 13.1. The minimum Gasteiger partial charge on any atom is -0.382 e. The average molecular weight is 537 g/mol. The van der Waals surface area contributed by atoms with E-state index in [0.29, 0.717) is 31.2 Å². The molecular weight excluding hydrogens is 508 g/mol. The number of aryl methyl sites for hydroxylation is 1. The number of rotatable bonds is 6. The van der Waals surface area contributed by atoms with Gasteiger partial charge in [-0.1, -0.05) is 6.92 Å². The first-order valence-electron chi connectivity index (χ1n) is 10.9. The topological polar surface area (TPSA) is 147 Å². The summed E-state index contributed by atoms with van der Waals surface area (Å²) in [5.41, 5.74) is 0.674. The van der Waals surface area contributed by atoms with E-state index in [-0.39, 0.29) is 41.5 Å². The largest absolute Gasteiger partial charge is 0.382 e. The predicted octanol–water partition coefficient (Wildman–Crippen LogP) is 1.74. The van der Waals surface area contributed by atoms with Gasteiger partial charge in [-0.25, -0.2) is 0 Å². The highest BCUT2D eigenvalue weighted by atomic mass is 32.2. The van der Waals surface area contributed by atoms with Gasteiger partial charge in [0.1, 0.15) is 17.6 Å². The minimum atomic E-state index is -3.92. The molecule has 0 aromatic heterocycles. The van der Waals surface area contributed by atoms with Gasteiger partial charge in [-0.3, -0.25) is 8.98 Å². The van der Waals surface area contributed by atoms with Crippen molar-refractivity contribution in [1.29, 1.82) is 0 Å². The predicted molar refractivity (Wildman–Crippen MR) is 122 cm³/mol. The summed E-state index contributed by atoms with van der Waals surface area (Å²) in [6.45, 7) is 1.86. The fourth-order valence-corrected chi connectivity index (χ4v) is 7.67. The van der Waals surface area contributed by atoms with E-state index >= 15 is 0 Å². The monoisotopic (exact) mass is 536 g/mol. The SMILES string of the molecule is C[C@]12CC[C@@H]3c4c(cc(OS(C)(=O)=O)cc4OS(C)(=O)=O)CC[C@@H]3[C@@H]1C[C@H](OS(C)(=O)=O)C2=O. The summed E-state index contributed by atoms with van der Waals surface area (Å²) in [6.07, 6.45) is 4.19. The highest BCUT2D eigenvalue weighted by Gasteiger charge is 2.59. The van der Waals surface area contributed by atoms with Crippen molar-refractivity contribution in [2.45, 2.75) is 51.0 Å². The Morgan fingerprint density at radius 3 is 2.15 bits per heavy atom.